The Balaban J connectivity index is 1.57. The first-order valence-electron chi connectivity index (χ1n) is 13.4. The van der Waals surface area contributed by atoms with Crippen molar-refractivity contribution in [2.75, 3.05) is 6.61 Å². The smallest absolute Gasteiger partial charge is 0.416 e. The van der Waals surface area contributed by atoms with Gasteiger partial charge in [0.05, 0.1) is 18.2 Å². The molecule has 39 heavy (non-hydrogen) atoms. The summed E-state index contributed by atoms with van der Waals surface area (Å²) in [4.78, 5) is 28.3. The molecule has 4 aromatic rings. The number of aliphatic hydroxyl groups excluding tert-OH is 1. The molecule has 5 rings (SSSR count). The van der Waals surface area contributed by atoms with Crippen LogP contribution in [0, 0.1) is 19.8 Å². The molecule has 2 heterocycles. The number of aryl methyl sites for hydroxylation is 3. The third-order valence-electron chi connectivity index (χ3n) is 7.92. The molecule has 0 spiro atoms. The van der Waals surface area contributed by atoms with E-state index in [2.05, 4.69) is 10.3 Å². The molecule has 1 aromatic heterocycles. The number of benzene rings is 3. The monoisotopic (exact) mass is 526 g/mol. The molecule has 2 amide bonds. The van der Waals surface area contributed by atoms with E-state index in [0.29, 0.717) is 13.0 Å². The highest BCUT2D eigenvalue weighted by molar-refractivity contribution is 5.95. The van der Waals surface area contributed by atoms with Gasteiger partial charge < -0.3 is 9.84 Å². The summed E-state index contributed by atoms with van der Waals surface area (Å²) in [7, 11) is 0. The third kappa shape index (κ3) is 4.92. The Labute approximate surface area is 228 Å². The SMILES string of the molecule is CCn1nnc2c(C)c(C(c3ccc(C)c(CO)c3)C(C)C(=O)N3C(=O)OC[C@H]3Cc3ccccc3)ccc21. The number of nitrogens with zero attached hydrogens (tertiary/aromatic N) is 4. The van der Waals surface area contributed by atoms with Crippen molar-refractivity contribution in [3.63, 3.8) is 0 Å². The first-order valence-corrected chi connectivity index (χ1v) is 13.4. The van der Waals surface area contributed by atoms with Gasteiger partial charge in [0, 0.05) is 18.4 Å². The normalized spacial score (nSPS) is 16.9. The zero-order valence-electron chi connectivity index (χ0n) is 22.8. The highest BCUT2D eigenvalue weighted by Gasteiger charge is 2.42. The minimum atomic E-state index is -0.607. The second-order valence-corrected chi connectivity index (χ2v) is 10.3. The Hall–Kier alpha value is -4.04. The molecule has 1 N–H and O–H groups in total. The number of amides is 2. The Morgan fingerprint density at radius 2 is 1.90 bits per heavy atom. The van der Waals surface area contributed by atoms with E-state index in [-0.39, 0.29) is 31.1 Å². The summed E-state index contributed by atoms with van der Waals surface area (Å²) in [5, 5.41) is 18.7. The fourth-order valence-corrected chi connectivity index (χ4v) is 5.68. The molecular weight excluding hydrogens is 492 g/mol. The van der Waals surface area contributed by atoms with Gasteiger partial charge in [0.15, 0.2) is 0 Å². The molecule has 1 saturated heterocycles. The summed E-state index contributed by atoms with van der Waals surface area (Å²) in [6.45, 7) is 8.60. The van der Waals surface area contributed by atoms with Gasteiger partial charge in [-0.15, -0.1) is 5.10 Å². The predicted octanol–water partition coefficient (Wildman–Crippen LogP) is 4.92. The number of carbonyl (C=O) groups excluding carboxylic acids is 2. The van der Waals surface area contributed by atoms with Gasteiger partial charge in [0.1, 0.15) is 12.1 Å². The summed E-state index contributed by atoms with van der Waals surface area (Å²) in [6, 6.07) is 19.4. The number of hydrogen-bond acceptors (Lipinski definition) is 6. The lowest BCUT2D eigenvalue weighted by Gasteiger charge is -2.30. The van der Waals surface area contributed by atoms with Crippen LogP contribution in [0.25, 0.3) is 11.0 Å². The molecule has 1 aliphatic rings. The number of ether oxygens (including phenoxy) is 1. The van der Waals surface area contributed by atoms with Crippen molar-refractivity contribution in [3.8, 4) is 0 Å². The van der Waals surface area contributed by atoms with Crippen molar-refractivity contribution in [2.24, 2.45) is 5.92 Å². The average molecular weight is 527 g/mol. The maximum atomic E-state index is 14.1. The average Bonchev–Trinajstić information content (AvgIpc) is 3.54. The van der Waals surface area contributed by atoms with Crippen molar-refractivity contribution in [2.45, 2.75) is 59.2 Å². The third-order valence-corrected chi connectivity index (χ3v) is 7.92. The van der Waals surface area contributed by atoms with E-state index < -0.39 is 12.0 Å². The van der Waals surface area contributed by atoms with Crippen LogP contribution in [-0.2, 0) is 29.1 Å². The lowest BCUT2D eigenvalue weighted by Crippen LogP contribution is -2.44. The van der Waals surface area contributed by atoms with Crippen LogP contribution in [0.3, 0.4) is 0 Å². The molecule has 1 fully saturated rings. The van der Waals surface area contributed by atoms with E-state index in [1.165, 1.54) is 4.90 Å². The van der Waals surface area contributed by atoms with Gasteiger partial charge in [-0.2, -0.15) is 0 Å². The highest BCUT2D eigenvalue weighted by Crippen LogP contribution is 2.38. The first-order chi connectivity index (χ1) is 18.8. The molecule has 3 atom stereocenters. The number of carbonyl (C=O) groups is 2. The van der Waals surface area contributed by atoms with Gasteiger partial charge in [-0.3, -0.25) is 4.79 Å². The fraction of sp³-hybridized carbons (Fsp3) is 0.355. The van der Waals surface area contributed by atoms with Crippen molar-refractivity contribution < 1.29 is 19.4 Å². The Bertz CT molecular complexity index is 1510. The van der Waals surface area contributed by atoms with E-state index in [4.69, 9.17) is 4.74 Å². The van der Waals surface area contributed by atoms with Gasteiger partial charge >= 0.3 is 6.09 Å². The van der Waals surface area contributed by atoms with Gasteiger partial charge in [-0.1, -0.05) is 66.7 Å². The van der Waals surface area contributed by atoms with Crippen LogP contribution in [0.2, 0.25) is 0 Å². The molecule has 8 heteroatoms. The van der Waals surface area contributed by atoms with Gasteiger partial charge in [-0.25, -0.2) is 14.4 Å². The molecule has 202 valence electrons. The maximum absolute atomic E-state index is 14.1. The molecule has 8 nitrogen and oxygen atoms in total. The zero-order chi connectivity index (χ0) is 27.7. The van der Waals surface area contributed by atoms with Crippen molar-refractivity contribution in [1.82, 2.24) is 19.9 Å². The van der Waals surface area contributed by atoms with Crippen LogP contribution in [0.5, 0.6) is 0 Å². The molecule has 0 aliphatic carbocycles. The van der Waals surface area contributed by atoms with E-state index in [1.807, 2.05) is 93.0 Å². The molecule has 0 bridgehead atoms. The number of imide groups is 1. The second-order valence-electron chi connectivity index (χ2n) is 10.3. The number of aliphatic hydroxyl groups is 1. The first kappa shape index (κ1) is 26.6. The van der Waals surface area contributed by atoms with Crippen LogP contribution in [-0.4, -0.2) is 49.6 Å². The van der Waals surface area contributed by atoms with E-state index >= 15 is 0 Å². The second kappa shape index (κ2) is 11.0. The Morgan fingerprint density at radius 3 is 2.62 bits per heavy atom. The minimum Gasteiger partial charge on any atom is -0.447 e. The van der Waals surface area contributed by atoms with Gasteiger partial charge in [0.25, 0.3) is 0 Å². The Morgan fingerprint density at radius 1 is 1.13 bits per heavy atom. The fourth-order valence-electron chi connectivity index (χ4n) is 5.68. The number of fused-ring (bicyclic) bond motifs is 1. The van der Waals surface area contributed by atoms with E-state index in [0.717, 1.165) is 44.4 Å². The van der Waals surface area contributed by atoms with Gasteiger partial charge in [-0.05, 0) is 66.6 Å². The largest absolute Gasteiger partial charge is 0.447 e. The molecule has 2 unspecified atom stereocenters. The lowest BCUT2D eigenvalue weighted by molar-refractivity contribution is -0.133. The lowest BCUT2D eigenvalue weighted by atomic mass is 9.78. The van der Waals surface area contributed by atoms with E-state index in [9.17, 15) is 14.7 Å². The summed E-state index contributed by atoms with van der Waals surface area (Å²) < 4.78 is 7.22. The number of hydrogen-bond donors (Lipinski definition) is 1. The Kier molecular flexibility index (Phi) is 7.48. The number of cyclic esters (lactones) is 1. The number of aromatic nitrogens is 3. The van der Waals surface area contributed by atoms with Crippen LogP contribution in [0.1, 0.15) is 53.1 Å². The van der Waals surface area contributed by atoms with Crippen LogP contribution in [0.4, 0.5) is 4.79 Å². The van der Waals surface area contributed by atoms with Crippen LogP contribution >= 0.6 is 0 Å². The van der Waals surface area contributed by atoms with Gasteiger partial charge in [0.2, 0.25) is 5.91 Å². The van der Waals surface area contributed by atoms with Crippen LogP contribution in [0.15, 0.2) is 60.7 Å². The molecule has 0 saturated carbocycles. The summed E-state index contributed by atoms with van der Waals surface area (Å²) >= 11 is 0. The zero-order valence-corrected chi connectivity index (χ0v) is 22.8. The van der Waals surface area contributed by atoms with Crippen molar-refractivity contribution in [1.29, 1.82) is 0 Å². The van der Waals surface area contributed by atoms with Crippen molar-refractivity contribution in [3.05, 3.63) is 94.0 Å². The highest BCUT2D eigenvalue weighted by atomic mass is 16.6. The maximum Gasteiger partial charge on any atom is 0.416 e. The van der Waals surface area contributed by atoms with Crippen LogP contribution < -0.4 is 0 Å². The topological polar surface area (TPSA) is 97.5 Å². The quantitative estimate of drug-likeness (QED) is 0.350. The molecule has 1 aliphatic heterocycles. The minimum absolute atomic E-state index is 0.102. The summed E-state index contributed by atoms with van der Waals surface area (Å²) in [6.07, 6.45) is -0.0791. The molecule has 3 aromatic carbocycles. The molecular formula is C31H34N4O4. The standard InChI is InChI=1S/C31H34N4O4/c1-5-34-27-14-13-26(20(3)29(27)32-33-34)28(23-12-11-19(2)24(16-23)17-36)21(4)30(37)35-25(18-39-31(35)38)15-22-9-7-6-8-10-22/h6-14,16,21,25,28,36H,5,15,17-18H2,1-4H3/t21?,25-,28?/m1/s1. The van der Waals surface area contributed by atoms with Crippen molar-refractivity contribution >= 4 is 23.0 Å². The summed E-state index contributed by atoms with van der Waals surface area (Å²) in [5.74, 6) is -1.27. The number of rotatable bonds is 8. The molecule has 0 radical (unpaired) electrons. The summed E-state index contributed by atoms with van der Waals surface area (Å²) in [5.41, 5.74) is 7.30. The van der Waals surface area contributed by atoms with E-state index in [1.54, 1.807) is 0 Å². The predicted molar refractivity (Wildman–Crippen MR) is 148 cm³/mol.